The molecule has 9 nitrogen and oxygen atoms in total. The maximum absolute atomic E-state index is 12.9. The van der Waals surface area contributed by atoms with Crippen molar-refractivity contribution in [2.75, 3.05) is 38.2 Å². The van der Waals surface area contributed by atoms with Gasteiger partial charge in [0.15, 0.2) is 0 Å². The number of carbonyl (C=O) groups excluding carboxylic acids is 1. The highest BCUT2D eigenvalue weighted by atomic mass is 32.1. The number of thiophene rings is 1. The van der Waals surface area contributed by atoms with E-state index in [0.29, 0.717) is 45.9 Å². The summed E-state index contributed by atoms with van der Waals surface area (Å²) in [7, 11) is 0. The molecule has 10 heteroatoms. The van der Waals surface area contributed by atoms with Gasteiger partial charge in [-0.25, -0.2) is 19.7 Å². The van der Waals surface area contributed by atoms with Gasteiger partial charge in [-0.2, -0.15) is 0 Å². The lowest BCUT2D eigenvalue weighted by Crippen LogP contribution is -2.49. The van der Waals surface area contributed by atoms with E-state index in [2.05, 4.69) is 25.3 Å². The molecule has 158 valence electrons. The number of amides is 2. The van der Waals surface area contributed by atoms with Crippen LogP contribution in [0.15, 0.2) is 23.6 Å². The summed E-state index contributed by atoms with van der Waals surface area (Å²) in [6.07, 6.45) is 6.11. The van der Waals surface area contributed by atoms with Gasteiger partial charge in [0.05, 0.1) is 31.7 Å². The van der Waals surface area contributed by atoms with E-state index in [0.717, 1.165) is 39.4 Å². The van der Waals surface area contributed by atoms with Crippen LogP contribution in [0, 0.1) is 0 Å². The number of morpholine rings is 1. The molecule has 6 heterocycles. The fourth-order valence-electron chi connectivity index (χ4n) is 4.32. The van der Waals surface area contributed by atoms with Crippen LogP contribution in [0.3, 0.4) is 0 Å². The largest absolute Gasteiger partial charge is 0.378 e. The number of anilines is 2. The zero-order chi connectivity index (χ0) is 20.8. The predicted molar refractivity (Wildman–Crippen MR) is 118 cm³/mol. The Morgan fingerprint density at radius 1 is 1.13 bits per heavy atom. The number of rotatable bonds is 2. The number of aliphatic imine (C=N–C) groups is 1. The Morgan fingerprint density at radius 2 is 2.03 bits per heavy atom. The quantitative estimate of drug-likeness (QED) is 0.665. The van der Waals surface area contributed by atoms with Gasteiger partial charge < -0.3 is 19.9 Å². The average molecular weight is 436 g/mol. The lowest BCUT2D eigenvalue weighted by atomic mass is 10.1. The van der Waals surface area contributed by atoms with Crippen molar-refractivity contribution in [3.8, 4) is 0 Å². The minimum absolute atomic E-state index is 0.0971. The van der Waals surface area contributed by atoms with Crippen LogP contribution in [0.5, 0.6) is 0 Å². The zero-order valence-electron chi connectivity index (χ0n) is 16.9. The van der Waals surface area contributed by atoms with Crippen LogP contribution in [-0.2, 0) is 24.2 Å². The number of hydrogen-bond donors (Lipinski definition) is 1. The molecule has 1 N–H and O–H groups in total. The molecular formula is C21H21N7O2S. The third kappa shape index (κ3) is 3.31. The molecule has 0 saturated carbocycles. The van der Waals surface area contributed by atoms with Crippen LogP contribution in [-0.4, -0.2) is 69.8 Å². The van der Waals surface area contributed by atoms with Crippen molar-refractivity contribution >= 4 is 45.4 Å². The van der Waals surface area contributed by atoms with Gasteiger partial charge in [0.25, 0.3) is 0 Å². The van der Waals surface area contributed by atoms with Crippen molar-refractivity contribution in [3.05, 3.63) is 40.2 Å². The maximum Gasteiger partial charge on any atom is 0.320 e. The summed E-state index contributed by atoms with van der Waals surface area (Å²) >= 11 is 1.64. The standard InChI is InChI=1S/C21H21N7O2S/c29-21(27-3-5-30-6-4-27)28-2-1-15-16(11-28)31-20-18(15)19(24-12-25-20)26-17-7-13-8-22-9-14(13)10-23-17/h7-8,10,12H,1-6,9,11H2,(H,23,24,25,26). The number of aromatic nitrogens is 3. The fourth-order valence-corrected chi connectivity index (χ4v) is 5.53. The molecule has 0 spiro atoms. The van der Waals surface area contributed by atoms with Crippen LogP contribution in [0.4, 0.5) is 16.4 Å². The Bertz CT molecular complexity index is 1200. The highest BCUT2D eigenvalue weighted by Gasteiger charge is 2.29. The topological polar surface area (TPSA) is 95.8 Å². The molecule has 1 fully saturated rings. The number of hydrogen-bond acceptors (Lipinski definition) is 8. The van der Waals surface area contributed by atoms with E-state index >= 15 is 0 Å². The summed E-state index contributed by atoms with van der Waals surface area (Å²) in [5.41, 5.74) is 3.46. The van der Waals surface area contributed by atoms with E-state index in [1.807, 2.05) is 28.3 Å². The molecule has 0 aromatic carbocycles. The molecule has 1 saturated heterocycles. The lowest BCUT2D eigenvalue weighted by Gasteiger charge is -2.34. The molecule has 0 unspecified atom stereocenters. The summed E-state index contributed by atoms with van der Waals surface area (Å²) in [4.78, 5) is 36.7. The minimum atomic E-state index is 0.0971. The number of ether oxygens (including phenoxy) is 1. The first-order valence-electron chi connectivity index (χ1n) is 10.4. The van der Waals surface area contributed by atoms with Gasteiger partial charge in [-0.1, -0.05) is 0 Å². The molecule has 2 amide bonds. The lowest BCUT2D eigenvalue weighted by molar-refractivity contribution is 0.0423. The van der Waals surface area contributed by atoms with Gasteiger partial charge in [-0.15, -0.1) is 11.3 Å². The number of carbonyl (C=O) groups is 1. The second-order valence-corrected chi connectivity index (χ2v) is 8.91. The van der Waals surface area contributed by atoms with Crippen LogP contribution in [0.1, 0.15) is 21.6 Å². The van der Waals surface area contributed by atoms with Crippen molar-refractivity contribution in [1.29, 1.82) is 0 Å². The molecule has 31 heavy (non-hydrogen) atoms. The molecule has 0 radical (unpaired) electrons. The van der Waals surface area contributed by atoms with Crippen LogP contribution >= 0.6 is 11.3 Å². The number of fused-ring (bicyclic) bond motifs is 4. The molecule has 0 aliphatic carbocycles. The predicted octanol–water partition coefficient (Wildman–Crippen LogP) is 2.57. The molecule has 3 aromatic heterocycles. The van der Waals surface area contributed by atoms with Crippen LogP contribution < -0.4 is 5.32 Å². The Balaban J connectivity index is 1.29. The first kappa shape index (κ1) is 18.6. The third-order valence-corrected chi connectivity index (χ3v) is 7.07. The molecule has 0 atom stereocenters. The molecule has 3 aromatic rings. The second-order valence-electron chi connectivity index (χ2n) is 7.82. The third-order valence-electron chi connectivity index (χ3n) is 5.95. The van der Waals surface area contributed by atoms with E-state index < -0.39 is 0 Å². The number of urea groups is 1. The van der Waals surface area contributed by atoms with Gasteiger partial charge in [-0.3, -0.25) is 4.99 Å². The van der Waals surface area contributed by atoms with Gasteiger partial charge >= 0.3 is 6.03 Å². The Kier molecular flexibility index (Phi) is 4.53. The molecule has 3 aliphatic rings. The summed E-state index contributed by atoms with van der Waals surface area (Å²) < 4.78 is 5.38. The van der Waals surface area contributed by atoms with E-state index in [4.69, 9.17) is 4.74 Å². The van der Waals surface area contributed by atoms with Crippen molar-refractivity contribution in [2.24, 2.45) is 4.99 Å². The Labute approximate surface area is 182 Å². The minimum Gasteiger partial charge on any atom is -0.378 e. The maximum atomic E-state index is 12.9. The fraction of sp³-hybridized carbons (Fsp3) is 0.381. The second kappa shape index (κ2) is 7.54. The first-order chi connectivity index (χ1) is 15.3. The van der Waals surface area contributed by atoms with Crippen molar-refractivity contribution < 1.29 is 9.53 Å². The Hall–Kier alpha value is -3.11. The number of nitrogens with one attached hydrogen (secondary N) is 1. The zero-order valence-corrected chi connectivity index (χ0v) is 17.7. The summed E-state index contributed by atoms with van der Waals surface area (Å²) in [5.74, 6) is 1.50. The highest BCUT2D eigenvalue weighted by Crippen LogP contribution is 2.38. The van der Waals surface area contributed by atoms with Gasteiger partial charge in [-0.05, 0) is 18.1 Å². The number of pyridine rings is 1. The normalized spacial score (nSPS) is 17.7. The van der Waals surface area contributed by atoms with Crippen LogP contribution in [0.2, 0.25) is 0 Å². The van der Waals surface area contributed by atoms with E-state index in [9.17, 15) is 4.79 Å². The molecule has 3 aliphatic heterocycles. The van der Waals surface area contributed by atoms with E-state index in [-0.39, 0.29) is 6.03 Å². The van der Waals surface area contributed by atoms with Crippen LogP contribution in [0.25, 0.3) is 10.2 Å². The smallest absolute Gasteiger partial charge is 0.320 e. The average Bonchev–Trinajstić information content (AvgIpc) is 3.43. The van der Waals surface area contributed by atoms with Gasteiger partial charge in [0, 0.05) is 48.0 Å². The van der Waals surface area contributed by atoms with Crippen molar-refractivity contribution in [1.82, 2.24) is 24.8 Å². The summed E-state index contributed by atoms with van der Waals surface area (Å²) in [6.45, 7) is 4.54. The van der Waals surface area contributed by atoms with Crippen molar-refractivity contribution in [2.45, 2.75) is 19.5 Å². The van der Waals surface area contributed by atoms with Gasteiger partial charge in [0.2, 0.25) is 0 Å². The number of nitrogens with zero attached hydrogens (tertiary/aromatic N) is 6. The SMILES string of the molecule is O=C(N1CCOCC1)N1CCc2c(sc3ncnc(Nc4cc5c(cn4)CN=C5)c23)C1. The summed E-state index contributed by atoms with van der Waals surface area (Å²) in [5, 5.41) is 4.42. The van der Waals surface area contributed by atoms with E-state index in [1.54, 1.807) is 17.7 Å². The molecular weight excluding hydrogens is 414 g/mol. The first-order valence-corrected chi connectivity index (χ1v) is 11.2. The molecule has 6 rings (SSSR count). The highest BCUT2D eigenvalue weighted by molar-refractivity contribution is 7.19. The monoisotopic (exact) mass is 435 g/mol. The van der Waals surface area contributed by atoms with E-state index in [1.165, 1.54) is 10.4 Å². The summed E-state index contributed by atoms with van der Waals surface area (Å²) in [6, 6.07) is 2.10. The van der Waals surface area contributed by atoms with Gasteiger partial charge in [0.1, 0.15) is 22.8 Å². The van der Waals surface area contributed by atoms with Crippen molar-refractivity contribution in [3.63, 3.8) is 0 Å². The Morgan fingerprint density at radius 3 is 2.94 bits per heavy atom. The molecule has 0 bridgehead atoms.